The first kappa shape index (κ1) is 4.52. The Hall–Kier alpha value is 0.519. The molecule has 0 radical (unpaired) electrons. The van der Waals surface area contributed by atoms with Gasteiger partial charge in [0.25, 0.3) is 0 Å². The average molecular weight is 123 g/mol. The van der Waals surface area contributed by atoms with E-state index in [1.54, 1.807) is 0 Å². The van der Waals surface area contributed by atoms with Gasteiger partial charge in [0.05, 0.1) is 0 Å². The van der Waals surface area contributed by atoms with E-state index in [1.165, 1.54) is 5.32 Å². The molecule has 0 saturated carbocycles. The Morgan fingerprint density at radius 3 is 2.00 bits per heavy atom. The van der Waals surface area contributed by atoms with Crippen LogP contribution < -0.4 is 0 Å². The minimum absolute atomic E-state index is 0.917. The molecule has 0 rings (SSSR count). The predicted molar refractivity (Wildman–Crippen MR) is 22.1 cm³/mol. The standard InChI is InChI=1S/C3H8Se/c1-3-4-2/h3H2,1-2H3. The van der Waals surface area contributed by atoms with Crippen molar-refractivity contribution in [3.05, 3.63) is 0 Å². The number of hydrogen-bond acceptors (Lipinski definition) is 0. The first-order valence-corrected chi connectivity index (χ1v) is 4.33. The van der Waals surface area contributed by atoms with Gasteiger partial charge in [0.1, 0.15) is 0 Å². The summed E-state index contributed by atoms with van der Waals surface area (Å²) in [5.41, 5.74) is 0. The zero-order valence-corrected chi connectivity index (χ0v) is 4.83. The van der Waals surface area contributed by atoms with Gasteiger partial charge < -0.3 is 0 Å². The van der Waals surface area contributed by atoms with Crippen LogP contribution in [0.5, 0.6) is 0 Å². The zero-order valence-electron chi connectivity index (χ0n) is 3.12. The van der Waals surface area contributed by atoms with Crippen molar-refractivity contribution in [1.82, 2.24) is 0 Å². The van der Waals surface area contributed by atoms with Crippen molar-refractivity contribution in [2.75, 3.05) is 0 Å². The first-order chi connectivity index (χ1) is 1.91. The van der Waals surface area contributed by atoms with Crippen LogP contribution in [-0.2, 0) is 0 Å². The van der Waals surface area contributed by atoms with Gasteiger partial charge in [-0.3, -0.25) is 0 Å². The molecular formula is C3H8Se. The fourth-order valence-electron chi connectivity index (χ4n) is 0. The van der Waals surface area contributed by atoms with Gasteiger partial charge in [-0.05, 0) is 0 Å². The Kier molecular flexibility index (Phi) is 3.98. The maximum absolute atomic E-state index is 2.24. The van der Waals surface area contributed by atoms with E-state index in [4.69, 9.17) is 0 Å². The summed E-state index contributed by atoms with van der Waals surface area (Å²) in [4.78, 5) is 0. The molecule has 0 unspecified atom stereocenters. The molecule has 0 heterocycles. The Bertz CT molecular complexity index is 5.25. The van der Waals surface area contributed by atoms with Crippen LogP contribution in [0.4, 0.5) is 0 Å². The van der Waals surface area contributed by atoms with Crippen LogP contribution in [0.1, 0.15) is 6.92 Å². The molecule has 0 spiro atoms. The molecule has 0 aromatic rings. The zero-order chi connectivity index (χ0) is 3.41. The quantitative estimate of drug-likeness (QED) is 0.459. The van der Waals surface area contributed by atoms with Crippen molar-refractivity contribution in [3.8, 4) is 0 Å². The molecule has 0 N–H and O–H groups in total. The van der Waals surface area contributed by atoms with Crippen molar-refractivity contribution >= 4 is 15.0 Å². The molecular weight excluding hydrogens is 115 g/mol. The van der Waals surface area contributed by atoms with E-state index in [9.17, 15) is 0 Å². The van der Waals surface area contributed by atoms with Crippen LogP contribution in [0.25, 0.3) is 0 Å². The van der Waals surface area contributed by atoms with E-state index < -0.39 is 0 Å². The molecule has 0 atom stereocenters. The van der Waals surface area contributed by atoms with Gasteiger partial charge in [-0.25, -0.2) is 0 Å². The van der Waals surface area contributed by atoms with E-state index >= 15 is 0 Å². The second kappa shape index (κ2) is 3.52. The van der Waals surface area contributed by atoms with E-state index in [2.05, 4.69) is 12.7 Å². The van der Waals surface area contributed by atoms with Crippen LogP contribution in [0, 0.1) is 0 Å². The van der Waals surface area contributed by atoms with Gasteiger partial charge in [-0.1, -0.05) is 0 Å². The van der Waals surface area contributed by atoms with Crippen molar-refractivity contribution in [2.45, 2.75) is 18.1 Å². The SMILES string of the molecule is CC[Se]C. The Balaban J connectivity index is 1.97. The molecule has 0 saturated heterocycles. The van der Waals surface area contributed by atoms with Crippen molar-refractivity contribution < 1.29 is 0 Å². The number of hydrogen-bond donors (Lipinski definition) is 0. The normalized spacial score (nSPS) is 7.50. The molecule has 26 valence electrons. The summed E-state index contributed by atoms with van der Waals surface area (Å²) >= 11 is 0.917. The van der Waals surface area contributed by atoms with Crippen molar-refractivity contribution in [3.63, 3.8) is 0 Å². The maximum atomic E-state index is 2.24. The van der Waals surface area contributed by atoms with E-state index in [0.29, 0.717) is 0 Å². The third kappa shape index (κ3) is 2.52. The molecule has 0 aromatic heterocycles. The molecule has 1 heteroatoms. The molecule has 0 aliphatic rings. The minimum atomic E-state index is 0.917. The summed E-state index contributed by atoms with van der Waals surface area (Å²) < 4.78 is 0. The van der Waals surface area contributed by atoms with Gasteiger partial charge in [0, 0.05) is 0 Å². The topological polar surface area (TPSA) is 0 Å². The predicted octanol–water partition coefficient (Wildman–Crippen LogP) is 1.18. The third-order valence-electron chi connectivity index (χ3n) is 0.289. The summed E-state index contributed by atoms with van der Waals surface area (Å²) in [6.45, 7) is 2.21. The molecule has 4 heavy (non-hydrogen) atoms. The fourth-order valence-corrected chi connectivity index (χ4v) is 0. The van der Waals surface area contributed by atoms with Crippen LogP contribution in [0.2, 0.25) is 11.1 Å². The van der Waals surface area contributed by atoms with Crippen LogP contribution in [-0.4, -0.2) is 15.0 Å². The van der Waals surface area contributed by atoms with E-state index in [0.717, 1.165) is 15.0 Å². The molecule has 0 amide bonds. The van der Waals surface area contributed by atoms with Crippen LogP contribution in [0.15, 0.2) is 0 Å². The molecule has 0 fully saturated rings. The Morgan fingerprint density at radius 1 is 1.75 bits per heavy atom. The third-order valence-corrected chi connectivity index (χ3v) is 1.50. The first-order valence-electron chi connectivity index (χ1n) is 1.40. The summed E-state index contributed by atoms with van der Waals surface area (Å²) in [6, 6.07) is 0. The summed E-state index contributed by atoms with van der Waals surface area (Å²) in [6.07, 6.45) is 0. The molecule has 0 nitrogen and oxygen atoms in total. The fraction of sp³-hybridized carbons (Fsp3) is 1.00. The Morgan fingerprint density at radius 2 is 2.00 bits per heavy atom. The molecule has 0 aliphatic carbocycles. The van der Waals surface area contributed by atoms with Gasteiger partial charge in [0.2, 0.25) is 0 Å². The van der Waals surface area contributed by atoms with Crippen LogP contribution in [0.3, 0.4) is 0 Å². The summed E-state index contributed by atoms with van der Waals surface area (Å²) in [7, 11) is 0. The average Bonchev–Trinajstić information content (AvgIpc) is 1.37. The number of rotatable bonds is 1. The summed E-state index contributed by atoms with van der Waals surface area (Å²) in [5.74, 6) is 2.24. The van der Waals surface area contributed by atoms with Gasteiger partial charge in [0.15, 0.2) is 0 Å². The van der Waals surface area contributed by atoms with Gasteiger partial charge in [-0.2, -0.15) is 0 Å². The second-order valence-corrected chi connectivity index (χ2v) is 3.00. The summed E-state index contributed by atoms with van der Waals surface area (Å²) in [5, 5.41) is 1.38. The van der Waals surface area contributed by atoms with Gasteiger partial charge >= 0.3 is 33.0 Å². The van der Waals surface area contributed by atoms with E-state index in [1.807, 2.05) is 0 Å². The molecule has 0 bridgehead atoms. The second-order valence-electron chi connectivity index (χ2n) is 0.577. The van der Waals surface area contributed by atoms with Crippen LogP contribution >= 0.6 is 0 Å². The van der Waals surface area contributed by atoms with Crippen molar-refractivity contribution in [2.24, 2.45) is 0 Å². The monoisotopic (exact) mass is 124 g/mol. The molecule has 0 aromatic carbocycles. The Labute approximate surface area is 33.7 Å². The molecule has 0 aliphatic heterocycles. The van der Waals surface area contributed by atoms with Crippen molar-refractivity contribution in [1.29, 1.82) is 0 Å². The van der Waals surface area contributed by atoms with E-state index in [-0.39, 0.29) is 0 Å². The van der Waals surface area contributed by atoms with Gasteiger partial charge in [-0.15, -0.1) is 0 Å².